The van der Waals surface area contributed by atoms with Crippen LogP contribution in [-0.4, -0.2) is 37.0 Å². The first-order valence-corrected chi connectivity index (χ1v) is 7.26. The zero-order chi connectivity index (χ0) is 15.2. The van der Waals surface area contributed by atoms with Crippen molar-refractivity contribution in [1.29, 1.82) is 0 Å². The van der Waals surface area contributed by atoms with Crippen LogP contribution in [0.3, 0.4) is 0 Å². The first-order chi connectivity index (χ1) is 10.2. The topological polar surface area (TPSA) is 72.7 Å². The van der Waals surface area contributed by atoms with Crippen LogP contribution in [0.5, 0.6) is 0 Å². The number of rotatable bonds is 6. The molecule has 1 aliphatic heterocycles. The highest BCUT2D eigenvalue weighted by atomic mass is 16.6. The first kappa shape index (κ1) is 15.4. The van der Waals surface area contributed by atoms with Crippen LogP contribution in [-0.2, 0) is 4.74 Å². The lowest BCUT2D eigenvalue weighted by atomic mass is 10.1. The van der Waals surface area contributed by atoms with E-state index in [9.17, 15) is 14.9 Å². The molecular formula is C15H20N2O4. The van der Waals surface area contributed by atoms with Crippen LogP contribution in [0.25, 0.3) is 0 Å². The number of carbonyl (C=O) groups excluding carboxylic acids is 1. The van der Waals surface area contributed by atoms with E-state index in [0.29, 0.717) is 6.29 Å². The number of piperidine rings is 1. The summed E-state index contributed by atoms with van der Waals surface area (Å²) in [5, 5.41) is 10.9. The van der Waals surface area contributed by atoms with Crippen molar-refractivity contribution in [3.05, 3.63) is 33.9 Å². The summed E-state index contributed by atoms with van der Waals surface area (Å²) in [7, 11) is 0. The van der Waals surface area contributed by atoms with Gasteiger partial charge in [0.2, 0.25) is 0 Å². The standard InChI is InChI=1S/C15H20N2O4/c1-2-8-21-14-4-3-7-16(10-14)13-5-6-15(17(19)20)12(9-13)11-18/h5-6,9,11,14H,2-4,7-8,10H2,1H3. The van der Waals surface area contributed by atoms with Crippen LogP contribution < -0.4 is 4.90 Å². The molecule has 0 radical (unpaired) electrons. The lowest BCUT2D eigenvalue weighted by Crippen LogP contribution is -2.39. The van der Waals surface area contributed by atoms with Crippen molar-refractivity contribution in [3.63, 3.8) is 0 Å². The maximum absolute atomic E-state index is 11.0. The molecule has 1 aromatic rings. The molecule has 0 bridgehead atoms. The number of aldehydes is 1. The van der Waals surface area contributed by atoms with E-state index in [2.05, 4.69) is 11.8 Å². The Morgan fingerprint density at radius 3 is 3.00 bits per heavy atom. The van der Waals surface area contributed by atoms with E-state index in [1.165, 1.54) is 6.07 Å². The Balaban J connectivity index is 2.13. The Labute approximate surface area is 123 Å². The van der Waals surface area contributed by atoms with Crippen molar-refractivity contribution in [3.8, 4) is 0 Å². The molecule has 1 aliphatic rings. The first-order valence-electron chi connectivity index (χ1n) is 7.26. The molecule has 0 amide bonds. The van der Waals surface area contributed by atoms with Crippen molar-refractivity contribution in [1.82, 2.24) is 0 Å². The second-order valence-corrected chi connectivity index (χ2v) is 5.20. The molecule has 0 aromatic heterocycles. The minimum absolute atomic E-state index is 0.120. The third-order valence-electron chi connectivity index (χ3n) is 3.64. The average molecular weight is 292 g/mol. The fraction of sp³-hybridized carbons (Fsp3) is 0.533. The SMILES string of the molecule is CCCOC1CCCN(c2ccc([N+](=O)[O-])c(C=O)c2)C1. The maximum atomic E-state index is 11.0. The summed E-state index contributed by atoms with van der Waals surface area (Å²) in [4.78, 5) is 23.5. The Bertz CT molecular complexity index is 518. The molecule has 114 valence electrons. The normalized spacial score (nSPS) is 18.5. The van der Waals surface area contributed by atoms with E-state index in [0.717, 1.165) is 44.6 Å². The van der Waals surface area contributed by atoms with Gasteiger partial charge in [-0.05, 0) is 31.4 Å². The van der Waals surface area contributed by atoms with E-state index < -0.39 is 4.92 Å². The van der Waals surface area contributed by atoms with E-state index in [1.54, 1.807) is 12.1 Å². The molecule has 6 nitrogen and oxygen atoms in total. The second kappa shape index (κ2) is 7.17. The van der Waals surface area contributed by atoms with Gasteiger partial charge in [0, 0.05) is 31.5 Å². The lowest BCUT2D eigenvalue weighted by Gasteiger charge is -2.34. The van der Waals surface area contributed by atoms with Crippen LogP contribution in [0.2, 0.25) is 0 Å². The summed E-state index contributed by atoms with van der Waals surface area (Å²) in [6.07, 6.45) is 3.76. The highest BCUT2D eigenvalue weighted by molar-refractivity contribution is 5.83. The smallest absolute Gasteiger partial charge is 0.280 e. The summed E-state index contributed by atoms with van der Waals surface area (Å²) in [6, 6.07) is 4.69. The van der Waals surface area contributed by atoms with E-state index in [4.69, 9.17) is 4.74 Å². The van der Waals surface area contributed by atoms with Crippen molar-refractivity contribution in [2.24, 2.45) is 0 Å². The van der Waals surface area contributed by atoms with Gasteiger partial charge in [-0.3, -0.25) is 14.9 Å². The van der Waals surface area contributed by atoms with Crippen molar-refractivity contribution in [2.75, 3.05) is 24.6 Å². The van der Waals surface area contributed by atoms with E-state index >= 15 is 0 Å². The highest BCUT2D eigenvalue weighted by Crippen LogP contribution is 2.26. The average Bonchev–Trinajstić information content (AvgIpc) is 2.52. The van der Waals surface area contributed by atoms with Crippen molar-refractivity contribution < 1.29 is 14.5 Å². The molecule has 6 heteroatoms. The molecule has 1 aromatic carbocycles. The van der Waals surface area contributed by atoms with Gasteiger partial charge >= 0.3 is 0 Å². The van der Waals surface area contributed by atoms with Crippen LogP contribution in [0.4, 0.5) is 11.4 Å². The van der Waals surface area contributed by atoms with Gasteiger partial charge in [-0.2, -0.15) is 0 Å². The second-order valence-electron chi connectivity index (χ2n) is 5.20. The van der Waals surface area contributed by atoms with E-state index in [1.807, 2.05) is 0 Å². The van der Waals surface area contributed by atoms with Gasteiger partial charge in [-0.25, -0.2) is 0 Å². The monoisotopic (exact) mass is 292 g/mol. The van der Waals surface area contributed by atoms with Gasteiger partial charge in [0.15, 0.2) is 6.29 Å². The molecule has 0 saturated carbocycles. The third kappa shape index (κ3) is 3.78. The van der Waals surface area contributed by atoms with Gasteiger partial charge in [-0.15, -0.1) is 0 Å². The van der Waals surface area contributed by atoms with Crippen molar-refractivity contribution in [2.45, 2.75) is 32.3 Å². The molecule has 1 atom stereocenters. The molecule has 1 saturated heterocycles. The Morgan fingerprint density at radius 2 is 2.33 bits per heavy atom. The number of hydrogen-bond donors (Lipinski definition) is 0. The number of carbonyl (C=O) groups is 1. The summed E-state index contributed by atoms with van der Waals surface area (Å²) in [5.74, 6) is 0. The van der Waals surface area contributed by atoms with Crippen molar-refractivity contribution >= 4 is 17.7 Å². The number of benzene rings is 1. The maximum Gasteiger partial charge on any atom is 0.280 e. The molecule has 1 heterocycles. The zero-order valence-electron chi connectivity index (χ0n) is 12.2. The minimum Gasteiger partial charge on any atom is -0.376 e. The molecule has 2 rings (SSSR count). The number of nitrogens with zero attached hydrogens (tertiary/aromatic N) is 2. The Morgan fingerprint density at radius 1 is 1.52 bits per heavy atom. The fourth-order valence-corrected chi connectivity index (χ4v) is 2.59. The van der Waals surface area contributed by atoms with Gasteiger partial charge in [-0.1, -0.05) is 6.92 Å². The summed E-state index contributed by atoms with van der Waals surface area (Å²) in [5.41, 5.74) is 0.811. The molecule has 1 unspecified atom stereocenters. The summed E-state index contributed by atoms with van der Waals surface area (Å²) < 4.78 is 5.78. The fourth-order valence-electron chi connectivity index (χ4n) is 2.59. The number of ether oxygens (including phenoxy) is 1. The Kier molecular flexibility index (Phi) is 5.27. The number of hydrogen-bond acceptors (Lipinski definition) is 5. The number of nitro benzene ring substituents is 1. The third-order valence-corrected chi connectivity index (χ3v) is 3.64. The van der Waals surface area contributed by atoms with Crippen LogP contribution in [0.15, 0.2) is 18.2 Å². The number of nitro groups is 1. The van der Waals surface area contributed by atoms with Gasteiger partial charge in [0.05, 0.1) is 16.6 Å². The lowest BCUT2D eigenvalue weighted by molar-refractivity contribution is -0.385. The molecule has 21 heavy (non-hydrogen) atoms. The molecule has 0 aliphatic carbocycles. The van der Waals surface area contributed by atoms with Gasteiger partial charge in [0.1, 0.15) is 0 Å². The van der Waals surface area contributed by atoms with Gasteiger partial charge in [0.25, 0.3) is 5.69 Å². The summed E-state index contributed by atoms with van der Waals surface area (Å²) >= 11 is 0. The number of anilines is 1. The van der Waals surface area contributed by atoms with Gasteiger partial charge < -0.3 is 9.64 Å². The van der Waals surface area contributed by atoms with Crippen LogP contribution in [0, 0.1) is 10.1 Å². The minimum atomic E-state index is -0.531. The zero-order valence-corrected chi connectivity index (χ0v) is 12.2. The summed E-state index contributed by atoms with van der Waals surface area (Å²) in [6.45, 7) is 4.46. The largest absolute Gasteiger partial charge is 0.376 e. The molecule has 0 N–H and O–H groups in total. The molecule has 0 spiro atoms. The predicted molar refractivity (Wildman–Crippen MR) is 80.0 cm³/mol. The predicted octanol–water partition coefficient (Wildman–Crippen LogP) is 2.80. The molecule has 1 fully saturated rings. The van der Waals surface area contributed by atoms with Crippen LogP contribution >= 0.6 is 0 Å². The highest BCUT2D eigenvalue weighted by Gasteiger charge is 2.22. The Hall–Kier alpha value is -1.95. The van der Waals surface area contributed by atoms with Crippen LogP contribution in [0.1, 0.15) is 36.5 Å². The quantitative estimate of drug-likeness (QED) is 0.458. The van der Waals surface area contributed by atoms with E-state index in [-0.39, 0.29) is 17.4 Å². The molecular weight excluding hydrogens is 272 g/mol.